The maximum Gasteiger partial charge on any atom is 0.143 e. The number of nitriles is 1. The molecule has 0 fully saturated rings. The van der Waals surface area contributed by atoms with Gasteiger partial charge >= 0.3 is 0 Å². The number of hydrogen-bond acceptors (Lipinski definition) is 4. The summed E-state index contributed by atoms with van der Waals surface area (Å²) in [4.78, 5) is 0. The van der Waals surface area contributed by atoms with Crippen LogP contribution < -0.4 is 5.32 Å². The van der Waals surface area contributed by atoms with Gasteiger partial charge in [0.1, 0.15) is 23.8 Å². The van der Waals surface area contributed by atoms with E-state index in [-0.39, 0.29) is 5.56 Å². The first kappa shape index (κ1) is 10.2. The summed E-state index contributed by atoms with van der Waals surface area (Å²) in [6.07, 6.45) is 1.47. The molecule has 16 heavy (non-hydrogen) atoms. The third kappa shape index (κ3) is 2.17. The summed E-state index contributed by atoms with van der Waals surface area (Å²) in [5, 5.41) is 15.2. The standard InChI is InChI=1S/C11H8FN3O/c12-11-5-9(2-1-8(11)6-13)14-7-10-3-4-16-15-10/h1-5,14H,7H2. The molecule has 0 saturated heterocycles. The lowest BCUT2D eigenvalue weighted by atomic mass is 10.2. The molecular weight excluding hydrogens is 209 g/mol. The summed E-state index contributed by atoms with van der Waals surface area (Å²) in [5.41, 5.74) is 1.36. The molecule has 0 aliphatic carbocycles. The van der Waals surface area contributed by atoms with Crippen molar-refractivity contribution in [3.05, 3.63) is 47.6 Å². The maximum absolute atomic E-state index is 13.2. The molecule has 0 aliphatic rings. The molecular formula is C11H8FN3O. The number of hydrogen-bond donors (Lipinski definition) is 1. The van der Waals surface area contributed by atoms with Crippen molar-refractivity contribution in [3.63, 3.8) is 0 Å². The quantitative estimate of drug-likeness (QED) is 0.856. The summed E-state index contributed by atoms with van der Waals surface area (Å²) in [6.45, 7) is 0.446. The van der Waals surface area contributed by atoms with Gasteiger partial charge < -0.3 is 9.84 Å². The van der Waals surface area contributed by atoms with Crippen LogP contribution in [0, 0.1) is 17.1 Å². The normalized spacial score (nSPS) is 9.75. The molecule has 0 radical (unpaired) electrons. The molecule has 5 heteroatoms. The van der Waals surface area contributed by atoms with Crippen LogP contribution >= 0.6 is 0 Å². The van der Waals surface area contributed by atoms with Gasteiger partial charge in [-0.15, -0.1) is 0 Å². The largest absolute Gasteiger partial charge is 0.379 e. The Hall–Kier alpha value is -2.35. The van der Waals surface area contributed by atoms with Crippen LogP contribution in [0.5, 0.6) is 0 Å². The van der Waals surface area contributed by atoms with Gasteiger partial charge in [0, 0.05) is 11.8 Å². The summed E-state index contributed by atoms with van der Waals surface area (Å²) >= 11 is 0. The van der Waals surface area contributed by atoms with Crippen molar-refractivity contribution in [2.24, 2.45) is 0 Å². The first-order valence-electron chi connectivity index (χ1n) is 4.62. The third-order valence-corrected chi connectivity index (χ3v) is 2.05. The van der Waals surface area contributed by atoms with Crippen molar-refractivity contribution in [1.82, 2.24) is 5.16 Å². The van der Waals surface area contributed by atoms with Crippen molar-refractivity contribution in [2.75, 3.05) is 5.32 Å². The number of anilines is 1. The minimum Gasteiger partial charge on any atom is -0.379 e. The molecule has 1 N–H and O–H groups in total. The summed E-state index contributed by atoms with van der Waals surface area (Å²) in [6, 6.07) is 7.83. The lowest BCUT2D eigenvalue weighted by Crippen LogP contribution is -2.00. The van der Waals surface area contributed by atoms with E-state index in [1.54, 1.807) is 18.2 Å². The minimum atomic E-state index is -0.535. The zero-order valence-electron chi connectivity index (χ0n) is 8.27. The minimum absolute atomic E-state index is 0.0342. The summed E-state index contributed by atoms with van der Waals surface area (Å²) < 4.78 is 17.9. The molecule has 0 atom stereocenters. The van der Waals surface area contributed by atoms with Gasteiger partial charge in [-0.3, -0.25) is 0 Å². The van der Waals surface area contributed by atoms with Gasteiger partial charge in [0.2, 0.25) is 0 Å². The number of nitrogens with one attached hydrogen (secondary N) is 1. The van der Waals surface area contributed by atoms with Crippen LogP contribution in [0.1, 0.15) is 11.3 Å². The molecule has 1 aromatic carbocycles. The van der Waals surface area contributed by atoms with Crippen molar-refractivity contribution in [3.8, 4) is 6.07 Å². The predicted molar refractivity (Wildman–Crippen MR) is 54.9 cm³/mol. The fourth-order valence-electron chi connectivity index (χ4n) is 1.24. The molecule has 0 aliphatic heterocycles. The lowest BCUT2D eigenvalue weighted by Gasteiger charge is -2.04. The summed E-state index contributed by atoms with van der Waals surface area (Å²) in [5.74, 6) is -0.535. The van der Waals surface area contributed by atoms with E-state index in [1.165, 1.54) is 18.4 Å². The predicted octanol–water partition coefficient (Wildman–Crippen LogP) is 2.30. The van der Waals surface area contributed by atoms with Crippen molar-refractivity contribution >= 4 is 5.69 Å². The van der Waals surface area contributed by atoms with Crippen LogP contribution in [-0.2, 0) is 6.54 Å². The number of nitrogens with zero attached hydrogens (tertiary/aromatic N) is 2. The van der Waals surface area contributed by atoms with E-state index in [0.29, 0.717) is 12.2 Å². The second-order valence-corrected chi connectivity index (χ2v) is 3.15. The Morgan fingerprint density at radius 1 is 1.44 bits per heavy atom. The van der Waals surface area contributed by atoms with Gasteiger partial charge in [0.25, 0.3) is 0 Å². The Balaban J connectivity index is 2.06. The Bertz CT molecular complexity index is 517. The van der Waals surface area contributed by atoms with Gasteiger partial charge in [-0.05, 0) is 18.2 Å². The lowest BCUT2D eigenvalue weighted by molar-refractivity contribution is 0.412. The van der Waals surface area contributed by atoms with Gasteiger partial charge in [-0.1, -0.05) is 5.16 Å². The SMILES string of the molecule is N#Cc1ccc(NCc2ccon2)cc1F. The first-order valence-corrected chi connectivity index (χ1v) is 4.62. The Morgan fingerprint density at radius 3 is 2.94 bits per heavy atom. The zero-order valence-corrected chi connectivity index (χ0v) is 8.27. The van der Waals surface area contributed by atoms with E-state index >= 15 is 0 Å². The summed E-state index contributed by atoms with van der Waals surface area (Å²) in [7, 11) is 0. The molecule has 2 rings (SSSR count). The number of rotatable bonds is 3. The highest BCUT2D eigenvalue weighted by molar-refractivity contribution is 5.48. The van der Waals surface area contributed by atoms with Crippen molar-refractivity contribution in [1.29, 1.82) is 5.26 Å². The molecule has 2 aromatic rings. The number of aromatic nitrogens is 1. The fourth-order valence-corrected chi connectivity index (χ4v) is 1.24. The van der Waals surface area contributed by atoms with Gasteiger partial charge in [-0.2, -0.15) is 5.26 Å². The molecule has 0 spiro atoms. The van der Waals surface area contributed by atoms with Crippen LogP contribution in [0.25, 0.3) is 0 Å². The van der Waals surface area contributed by atoms with E-state index in [4.69, 9.17) is 5.26 Å². The molecule has 1 aromatic heterocycles. The average Bonchev–Trinajstić information content (AvgIpc) is 2.79. The highest BCUT2D eigenvalue weighted by Crippen LogP contribution is 2.14. The van der Waals surface area contributed by atoms with Gasteiger partial charge in [-0.25, -0.2) is 4.39 Å². The first-order chi connectivity index (χ1) is 7.79. The highest BCUT2D eigenvalue weighted by atomic mass is 19.1. The Labute approximate surface area is 91.3 Å². The third-order valence-electron chi connectivity index (χ3n) is 2.05. The second-order valence-electron chi connectivity index (χ2n) is 3.15. The van der Waals surface area contributed by atoms with Gasteiger partial charge in [0.15, 0.2) is 0 Å². The molecule has 1 heterocycles. The monoisotopic (exact) mass is 217 g/mol. The van der Waals surface area contributed by atoms with E-state index in [1.807, 2.05) is 0 Å². The fraction of sp³-hybridized carbons (Fsp3) is 0.0909. The van der Waals surface area contributed by atoms with E-state index in [0.717, 1.165) is 5.69 Å². The average molecular weight is 217 g/mol. The van der Waals surface area contributed by atoms with E-state index in [9.17, 15) is 4.39 Å². The Kier molecular flexibility index (Phi) is 2.83. The zero-order chi connectivity index (χ0) is 11.4. The van der Waals surface area contributed by atoms with Crippen LogP contribution in [0.4, 0.5) is 10.1 Å². The van der Waals surface area contributed by atoms with Crippen LogP contribution in [0.15, 0.2) is 35.1 Å². The van der Waals surface area contributed by atoms with Crippen molar-refractivity contribution < 1.29 is 8.91 Å². The molecule has 0 bridgehead atoms. The topological polar surface area (TPSA) is 61.9 Å². The molecule has 0 amide bonds. The number of halogens is 1. The Morgan fingerprint density at radius 2 is 2.31 bits per heavy atom. The smallest absolute Gasteiger partial charge is 0.143 e. The van der Waals surface area contributed by atoms with E-state index < -0.39 is 5.82 Å². The molecule has 80 valence electrons. The van der Waals surface area contributed by atoms with Crippen LogP contribution in [-0.4, -0.2) is 5.16 Å². The molecule has 0 saturated carbocycles. The van der Waals surface area contributed by atoms with E-state index in [2.05, 4.69) is 15.0 Å². The maximum atomic E-state index is 13.2. The second kappa shape index (κ2) is 4.45. The highest BCUT2D eigenvalue weighted by Gasteiger charge is 2.02. The van der Waals surface area contributed by atoms with Crippen LogP contribution in [0.3, 0.4) is 0 Å². The van der Waals surface area contributed by atoms with Crippen molar-refractivity contribution in [2.45, 2.75) is 6.54 Å². The molecule has 4 nitrogen and oxygen atoms in total. The molecule has 0 unspecified atom stereocenters. The number of benzene rings is 1. The van der Waals surface area contributed by atoms with Gasteiger partial charge in [0.05, 0.1) is 12.1 Å². The van der Waals surface area contributed by atoms with Crippen LogP contribution in [0.2, 0.25) is 0 Å².